The van der Waals surface area contributed by atoms with Gasteiger partial charge in [-0.15, -0.1) is 35.3 Å². The topological polar surface area (TPSA) is 158 Å². The van der Waals surface area contributed by atoms with E-state index in [-0.39, 0.29) is 39.6 Å². The molecule has 0 aliphatic rings. The Labute approximate surface area is 333 Å². The van der Waals surface area contributed by atoms with Crippen LogP contribution in [0.4, 0.5) is 0 Å². The quantitative estimate of drug-likeness (QED) is 0.0599. The summed E-state index contributed by atoms with van der Waals surface area (Å²) in [5.41, 5.74) is 2.63. The van der Waals surface area contributed by atoms with E-state index in [0.29, 0.717) is 17.3 Å². The van der Waals surface area contributed by atoms with Crippen molar-refractivity contribution in [2.24, 2.45) is 17.8 Å². The van der Waals surface area contributed by atoms with Gasteiger partial charge in [-0.05, 0) is 99.8 Å². The van der Waals surface area contributed by atoms with Gasteiger partial charge >= 0.3 is 35.8 Å². The Morgan fingerprint density at radius 2 is 0.574 bits per heavy atom. The number of ether oxygens (including phenoxy) is 6. The lowest BCUT2D eigenvalue weighted by molar-refractivity contribution is -0.164. The van der Waals surface area contributed by atoms with Crippen molar-refractivity contribution in [1.82, 2.24) is 0 Å². The van der Waals surface area contributed by atoms with Crippen LogP contribution >= 0.6 is 35.3 Å². The van der Waals surface area contributed by atoms with E-state index in [1.54, 1.807) is 83.1 Å². The highest BCUT2D eigenvalue weighted by Gasteiger charge is 2.46. The second-order valence-corrected chi connectivity index (χ2v) is 18.5. The molecular weight excluding hydrogens is 757 g/mol. The fraction of sp³-hybridized carbons (Fsp3) is 0.692. The van der Waals surface area contributed by atoms with Gasteiger partial charge in [-0.2, -0.15) is 0 Å². The second-order valence-electron chi connectivity index (χ2n) is 13.6. The Hall–Kier alpha value is -2.91. The van der Waals surface area contributed by atoms with Crippen LogP contribution in [-0.4, -0.2) is 89.7 Å². The van der Waals surface area contributed by atoms with Gasteiger partial charge in [-0.1, -0.05) is 18.2 Å². The summed E-state index contributed by atoms with van der Waals surface area (Å²) in [5.74, 6) is -6.24. The fourth-order valence-electron chi connectivity index (χ4n) is 5.49. The largest absolute Gasteiger partial charge is 0.465 e. The van der Waals surface area contributed by atoms with Gasteiger partial charge in [0.1, 0.15) is 0 Å². The molecule has 0 spiro atoms. The van der Waals surface area contributed by atoms with Crippen molar-refractivity contribution in [3.63, 3.8) is 0 Å². The lowest BCUT2D eigenvalue weighted by Gasteiger charge is -2.31. The summed E-state index contributed by atoms with van der Waals surface area (Å²) in [7, 11) is 0. The van der Waals surface area contributed by atoms with Crippen molar-refractivity contribution in [2.75, 3.05) is 39.6 Å². The molecule has 0 unspecified atom stereocenters. The molecule has 0 aromatic heterocycles. The summed E-state index contributed by atoms with van der Waals surface area (Å²) in [4.78, 5) is 77.9. The molecule has 0 bridgehead atoms. The summed E-state index contributed by atoms with van der Waals surface area (Å²) in [6.07, 6.45) is 0. The molecule has 1 rings (SSSR count). The third-order valence-corrected chi connectivity index (χ3v) is 12.5. The fourth-order valence-corrected chi connectivity index (χ4v) is 8.69. The van der Waals surface area contributed by atoms with E-state index < -0.39 is 67.8 Å². The molecule has 306 valence electrons. The van der Waals surface area contributed by atoms with Crippen molar-refractivity contribution in [1.29, 1.82) is 0 Å². The smallest absolute Gasteiger partial charge is 0.321 e. The van der Waals surface area contributed by atoms with Crippen LogP contribution in [0.25, 0.3) is 0 Å². The Morgan fingerprint density at radius 3 is 0.722 bits per heavy atom. The number of benzene rings is 1. The number of carbonyl (C=O) groups is 6. The van der Waals surface area contributed by atoms with Gasteiger partial charge in [0, 0.05) is 31.5 Å². The van der Waals surface area contributed by atoms with E-state index in [0.717, 1.165) is 16.7 Å². The van der Waals surface area contributed by atoms with E-state index in [2.05, 4.69) is 0 Å². The molecule has 0 atom stereocenters. The molecule has 54 heavy (non-hydrogen) atoms. The van der Waals surface area contributed by atoms with E-state index >= 15 is 0 Å². The van der Waals surface area contributed by atoms with Gasteiger partial charge in [0.25, 0.3) is 0 Å². The molecule has 1 aromatic carbocycles. The number of carbonyl (C=O) groups excluding carboxylic acids is 6. The number of esters is 6. The van der Waals surface area contributed by atoms with Gasteiger partial charge in [0.2, 0.25) is 0 Å². The van der Waals surface area contributed by atoms with Crippen molar-refractivity contribution < 1.29 is 57.2 Å². The zero-order valence-corrected chi connectivity index (χ0v) is 36.4. The first-order valence-electron chi connectivity index (χ1n) is 18.3. The van der Waals surface area contributed by atoms with Gasteiger partial charge < -0.3 is 28.4 Å². The first-order valence-corrected chi connectivity index (χ1v) is 21.3. The Kier molecular flexibility index (Phi) is 21.1. The molecule has 0 aliphatic carbocycles. The van der Waals surface area contributed by atoms with Crippen LogP contribution in [0.3, 0.4) is 0 Å². The summed E-state index contributed by atoms with van der Waals surface area (Å²) < 4.78 is 28.8. The minimum atomic E-state index is -1.16. The first kappa shape index (κ1) is 49.1. The molecule has 1 aromatic rings. The van der Waals surface area contributed by atoms with E-state index in [1.165, 1.54) is 35.3 Å². The van der Waals surface area contributed by atoms with Crippen LogP contribution in [0.1, 0.15) is 99.8 Å². The van der Waals surface area contributed by atoms with Crippen molar-refractivity contribution >= 4 is 71.1 Å². The minimum absolute atomic E-state index is 0.114. The van der Waals surface area contributed by atoms with Crippen LogP contribution in [0.5, 0.6) is 0 Å². The van der Waals surface area contributed by atoms with Gasteiger partial charge in [0.05, 0.1) is 39.6 Å². The molecule has 0 saturated heterocycles. The Balaban J connectivity index is 3.62. The maximum Gasteiger partial charge on any atom is 0.321 e. The lowest BCUT2D eigenvalue weighted by atomic mass is 9.95. The average Bonchev–Trinajstić information content (AvgIpc) is 3.06. The van der Waals surface area contributed by atoms with Crippen LogP contribution < -0.4 is 0 Å². The maximum absolute atomic E-state index is 13.0. The van der Waals surface area contributed by atoms with E-state index in [9.17, 15) is 28.8 Å². The standard InChI is InChI=1S/C39H60O12S3/c1-13-46-31(40)28(32(41)47-14-2)37(7,8)52-22-25-19-26(23-53-38(9,10)29(33(42)48-15-3)34(43)49-16-4)21-27(20-25)24-54-39(11,12)30(35(44)50-17-5)36(45)51-18-6/h19-21,28-30H,13-18,22-24H2,1-12H3. The zero-order valence-electron chi connectivity index (χ0n) is 34.0. The van der Waals surface area contributed by atoms with Crippen molar-refractivity contribution in [2.45, 2.75) is 115 Å². The predicted molar refractivity (Wildman–Crippen MR) is 213 cm³/mol. The molecular formula is C39H60O12S3. The van der Waals surface area contributed by atoms with Crippen LogP contribution in [0.2, 0.25) is 0 Å². The van der Waals surface area contributed by atoms with Gasteiger partial charge in [-0.25, -0.2) is 0 Å². The Bertz CT molecular complexity index is 1190. The lowest BCUT2D eigenvalue weighted by Crippen LogP contribution is -2.42. The van der Waals surface area contributed by atoms with Crippen molar-refractivity contribution in [3.05, 3.63) is 34.9 Å². The van der Waals surface area contributed by atoms with Gasteiger partial charge in [0.15, 0.2) is 17.8 Å². The molecule has 0 fully saturated rings. The maximum atomic E-state index is 13.0. The molecule has 0 amide bonds. The second kappa shape index (κ2) is 23.2. The highest BCUT2D eigenvalue weighted by molar-refractivity contribution is 8.00. The number of rotatable bonds is 24. The summed E-state index contributed by atoms with van der Waals surface area (Å²) in [6, 6.07) is 6.00. The summed E-state index contributed by atoms with van der Waals surface area (Å²) >= 11 is 4.20. The van der Waals surface area contributed by atoms with Crippen LogP contribution in [-0.2, 0) is 74.4 Å². The van der Waals surface area contributed by atoms with E-state index in [4.69, 9.17) is 28.4 Å². The molecule has 0 aliphatic heterocycles. The van der Waals surface area contributed by atoms with E-state index in [1.807, 2.05) is 18.2 Å². The first-order chi connectivity index (χ1) is 25.3. The molecule has 0 saturated carbocycles. The molecule has 0 radical (unpaired) electrons. The van der Waals surface area contributed by atoms with Crippen molar-refractivity contribution in [3.8, 4) is 0 Å². The SMILES string of the molecule is CCOC(=O)C(C(=O)OCC)C(C)(C)SCc1cc(CSC(C)(C)C(C(=O)OCC)C(=O)OCC)cc(CSC(C)(C)C(C(=O)OCC)C(=O)OCC)c1. The average molecular weight is 817 g/mol. The summed E-state index contributed by atoms with van der Waals surface area (Å²) in [5, 5.41) is 0. The number of hydrogen-bond acceptors (Lipinski definition) is 15. The third-order valence-electron chi connectivity index (χ3n) is 8.16. The normalized spacial score (nSPS) is 12.1. The van der Waals surface area contributed by atoms with Crippen LogP contribution in [0, 0.1) is 17.8 Å². The number of hydrogen-bond donors (Lipinski definition) is 0. The number of thioether (sulfide) groups is 3. The van der Waals surface area contributed by atoms with Gasteiger partial charge in [-0.3, -0.25) is 28.8 Å². The zero-order chi connectivity index (χ0) is 41.3. The predicted octanol–water partition coefficient (Wildman–Crippen LogP) is 6.95. The molecule has 15 heteroatoms. The van der Waals surface area contributed by atoms with Crippen LogP contribution in [0.15, 0.2) is 18.2 Å². The highest BCUT2D eigenvalue weighted by Crippen LogP contribution is 2.41. The summed E-state index contributed by atoms with van der Waals surface area (Å²) in [6.45, 7) is 21.5. The monoisotopic (exact) mass is 816 g/mol. The third kappa shape index (κ3) is 15.0. The molecule has 0 heterocycles. The Morgan fingerprint density at radius 1 is 0.407 bits per heavy atom. The minimum Gasteiger partial charge on any atom is -0.465 e. The highest BCUT2D eigenvalue weighted by atomic mass is 32.2. The molecule has 12 nitrogen and oxygen atoms in total. The molecule has 0 N–H and O–H groups in total.